The fraction of sp³-hybridized carbons (Fsp3) is 0.333. The zero-order chi connectivity index (χ0) is 14.7. The Hall–Kier alpha value is -1.84. The Morgan fingerprint density at radius 2 is 2.24 bits per heavy atom. The summed E-state index contributed by atoms with van der Waals surface area (Å²) in [6, 6.07) is 8.21. The molecule has 1 aromatic heterocycles. The molecule has 1 N–H and O–H groups in total. The topological polar surface area (TPSA) is 34.2 Å². The zero-order valence-corrected chi connectivity index (χ0v) is 12.2. The van der Waals surface area contributed by atoms with Crippen molar-refractivity contribution in [1.82, 2.24) is 4.98 Å². The first-order valence-corrected chi connectivity index (χ1v) is 7.44. The number of allylic oxidation sites excluding steroid dienone is 2. The van der Waals surface area contributed by atoms with E-state index in [0.29, 0.717) is 6.61 Å². The number of benzene rings is 1. The highest BCUT2D eigenvalue weighted by atomic mass is 16.7. The van der Waals surface area contributed by atoms with Gasteiger partial charge >= 0.3 is 0 Å². The third-order valence-corrected chi connectivity index (χ3v) is 3.90. The molecule has 0 saturated carbocycles. The summed E-state index contributed by atoms with van der Waals surface area (Å²) >= 11 is 0. The van der Waals surface area contributed by atoms with Crippen LogP contribution >= 0.6 is 0 Å². The van der Waals surface area contributed by atoms with E-state index in [-0.39, 0.29) is 6.29 Å². The number of nitrogens with one attached hydrogen (secondary N) is 1. The van der Waals surface area contributed by atoms with Crippen molar-refractivity contribution in [2.45, 2.75) is 32.2 Å². The second kappa shape index (κ2) is 6.29. The molecule has 1 aliphatic rings. The van der Waals surface area contributed by atoms with Crippen molar-refractivity contribution in [2.75, 3.05) is 6.61 Å². The van der Waals surface area contributed by atoms with Crippen molar-refractivity contribution in [3.8, 4) is 0 Å². The summed E-state index contributed by atoms with van der Waals surface area (Å²) in [4.78, 5) is 3.43. The molecule has 2 heterocycles. The number of aromatic amines is 1. The normalized spacial score (nSPS) is 18.8. The van der Waals surface area contributed by atoms with Crippen LogP contribution in [0, 0.1) is 0 Å². The molecule has 1 saturated heterocycles. The van der Waals surface area contributed by atoms with Gasteiger partial charge in [0.05, 0.1) is 12.3 Å². The Balaban J connectivity index is 1.86. The van der Waals surface area contributed by atoms with Gasteiger partial charge in [-0.15, -0.1) is 0 Å². The Morgan fingerprint density at radius 3 is 3.00 bits per heavy atom. The lowest BCUT2D eigenvalue weighted by Gasteiger charge is -2.22. The van der Waals surface area contributed by atoms with E-state index in [9.17, 15) is 0 Å². The van der Waals surface area contributed by atoms with Crippen LogP contribution in [0.3, 0.4) is 0 Å². The van der Waals surface area contributed by atoms with Gasteiger partial charge in [-0.3, -0.25) is 0 Å². The molecule has 1 atom stereocenters. The lowest BCUT2D eigenvalue weighted by molar-refractivity contribution is -0.169. The third kappa shape index (κ3) is 2.94. The van der Waals surface area contributed by atoms with Gasteiger partial charge in [-0.05, 0) is 30.9 Å². The number of fused-ring (bicyclic) bond motifs is 1. The summed E-state index contributed by atoms with van der Waals surface area (Å²) in [6.07, 6.45) is 4.97. The summed E-state index contributed by atoms with van der Waals surface area (Å²) in [6.45, 7) is 9.23. The summed E-state index contributed by atoms with van der Waals surface area (Å²) in [5.41, 5.74) is 4.14. The molecule has 3 nitrogen and oxygen atoms in total. The van der Waals surface area contributed by atoms with Gasteiger partial charge in [0.25, 0.3) is 0 Å². The van der Waals surface area contributed by atoms with Gasteiger partial charge in [-0.1, -0.05) is 37.4 Å². The van der Waals surface area contributed by atoms with Crippen molar-refractivity contribution in [3.63, 3.8) is 0 Å². The first-order chi connectivity index (χ1) is 10.3. The highest BCUT2D eigenvalue weighted by Crippen LogP contribution is 2.29. The molecule has 3 heteroatoms. The molecule has 0 bridgehead atoms. The average molecular weight is 283 g/mol. The number of H-pyrrole nitrogens is 1. The Labute approximate surface area is 125 Å². The van der Waals surface area contributed by atoms with Gasteiger partial charge in [0.2, 0.25) is 0 Å². The third-order valence-electron chi connectivity index (χ3n) is 3.90. The van der Waals surface area contributed by atoms with E-state index in [2.05, 4.69) is 30.3 Å². The Kier molecular flexibility index (Phi) is 4.23. The molecule has 1 fully saturated rings. The minimum absolute atomic E-state index is 0.0880. The van der Waals surface area contributed by atoms with Crippen LogP contribution < -0.4 is 0 Å². The predicted molar refractivity (Wildman–Crippen MR) is 85.9 cm³/mol. The van der Waals surface area contributed by atoms with Crippen molar-refractivity contribution >= 4 is 16.5 Å². The highest BCUT2D eigenvalue weighted by Gasteiger charge is 2.17. The van der Waals surface area contributed by atoms with Gasteiger partial charge in [-0.2, -0.15) is 0 Å². The van der Waals surface area contributed by atoms with Crippen LogP contribution in [0.1, 0.15) is 30.5 Å². The summed E-state index contributed by atoms with van der Waals surface area (Å²) < 4.78 is 11.5. The SMILES string of the molecule is C=CC(=C)c1c(COC2CCCCO2)[nH]c2ccccc12. The van der Waals surface area contributed by atoms with Crippen LogP contribution in [0.15, 0.2) is 43.5 Å². The van der Waals surface area contributed by atoms with Gasteiger partial charge in [-0.25, -0.2) is 0 Å². The smallest absolute Gasteiger partial charge is 0.158 e. The number of ether oxygens (including phenoxy) is 2. The first kappa shape index (κ1) is 14.1. The maximum Gasteiger partial charge on any atom is 0.158 e. The molecule has 1 unspecified atom stereocenters. The molecule has 0 spiro atoms. The number of hydrogen-bond donors (Lipinski definition) is 1. The van der Waals surface area contributed by atoms with E-state index in [1.54, 1.807) is 6.08 Å². The van der Waals surface area contributed by atoms with E-state index in [0.717, 1.165) is 47.2 Å². The second-order valence-electron chi connectivity index (χ2n) is 5.36. The standard InChI is InChI=1S/C18H21NO2/c1-3-13(2)18-14-8-4-5-9-15(14)19-16(18)12-21-17-10-6-7-11-20-17/h3-5,8-9,17,19H,1-2,6-7,10-12H2. The Morgan fingerprint density at radius 1 is 1.38 bits per heavy atom. The van der Waals surface area contributed by atoms with Crippen LogP contribution in [0.5, 0.6) is 0 Å². The second-order valence-corrected chi connectivity index (χ2v) is 5.36. The van der Waals surface area contributed by atoms with E-state index in [1.807, 2.05) is 12.1 Å². The zero-order valence-electron chi connectivity index (χ0n) is 12.2. The molecule has 2 aromatic rings. The molecule has 3 rings (SSSR count). The lowest BCUT2D eigenvalue weighted by atomic mass is 10.0. The van der Waals surface area contributed by atoms with Crippen molar-refractivity contribution in [2.24, 2.45) is 0 Å². The minimum Gasteiger partial charge on any atom is -0.356 e. The van der Waals surface area contributed by atoms with E-state index < -0.39 is 0 Å². The monoisotopic (exact) mass is 283 g/mol. The van der Waals surface area contributed by atoms with Crippen LogP contribution in [-0.4, -0.2) is 17.9 Å². The summed E-state index contributed by atoms with van der Waals surface area (Å²) in [5.74, 6) is 0. The Bertz CT molecular complexity index is 650. The van der Waals surface area contributed by atoms with Gasteiger partial charge < -0.3 is 14.5 Å². The molecule has 21 heavy (non-hydrogen) atoms. The van der Waals surface area contributed by atoms with Crippen molar-refractivity contribution in [1.29, 1.82) is 0 Å². The molecule has 1 aromatic carbocycles. The molecule has 0 amide bonds. The van der Waals surface area contributed by atoms with Crippen LogP contribution in [-0.2, 0) is 16.1 Å². The van der Waals surface area contributed by atoms with Crippen LogP contribution in [0.2, 0.25) is 0 Å². The first-order valence-electron chi connectivity index (χ1n) is 7.44. The van der Waals surface area contributed by atoms with Gasteiger partial charge in [0, 0.05) is 23.1 Å². The molecular formula is C18H21NO2. The largest absolute Gasteiger partial charge is 0.356 e. The van der Waals surface area contributed by atoms with E-state index in [1.165, 1.54) is 6.42 Å². The summed E-state index contributed by atoms with van der Waals surface area (Å²) in [7, 11) is 0. The van der Waals surface area contributed by atoms with Gasteiger partial charge in [0.15, 0.2) is 6.29 Å². The quantitative estimate of drug-likeness (QED) is 0.825. The fourth-order valence-corrected chi connectivity index (χ4v) is 2.79. The van der Waals surface area contributed by atoms with Crippen molar-refractivity contribution < 1.29 is 9.47 Å². The van der Waals surface area contributed by atoms with E-state index >= 15 is 0 Å². The molecule has 0 radical (unpaired) electrons. The minimum atomic E-state index is -0.0880. The maximum absolute atomic E-state index is 5.90. The van der Waals surface area contributed by atoms with E-state index in [4.69, 9.17) is 9.47 Å². The van der Waals surface area contributed by atoms with Crippen LogP contribution in [0.4, 0.5) is 0 Å². The fourth-order valence-electron chi connectivity index (χ4n) is 2.79. The number of para-hydroxylation sites is 1. The number of aromatic nitrogens is 1. The number of hydrogen-bond acceptors (Lipinski definition) is 2. The number of rotatable bonds is 5. The molecule has 1 aliphatic heterocycles. The van der Waals surface area contributed by atoms with Gasteiger partial charge in [0.1, 0.15) is 0 Å². The molecular weight excluding hydrogens is 262 g/mol. The maximum atomic E-state index is 5.90. The highest BCUT2D eigenvalue weighted by molar-refractivity contribution is 5.95. The molecule has 0 aliphatic carbocycles. The average Bonchev–Trinajstić information content (AvgIpc) is 2.91. The predicted octanol–water partition coefficient (Wildman–Crippen LogP) is 4.41. The summed E-state index contributed by atoms with van der Waals surface area (Å²) in [5, 5.41) is 1.16. The molecule has 110 valence electrons. The lowest BCUT2D eigenvalue weighted by Crippen LogP contribution is -2.22. The van der Waals surface area contributed by atoms with Crippen molar-refractivity contribution in [3.05, 3.63) is 54.8 Å². The van der Waals surface area contributed by atoms with Crippen LogP contribution in [0.25, 0.3) is 16.5 Å².